The van der Waals surface area contributed by atoms with Gasteiger partial charge in [0.25, 0.3) is 0 Å². The third-order valence-corrected chi connectivity index (χ3v) is 5.45. The molecule has 0 aliphatic heterocycles. The predicted octanol–water partition coefficient (Wildman–Crippen LogP) is 5.50. The summed E-state index contributed by atoms with van der Waals surface area (Å²) in [5, 5.41) is 3.46. The quantitative estimate of drug-likeness (QED) is 0.710. The van der Waals surface area contributed by atoms with Crippen molar-refractivity contribution in [2.24, 2.45) is 11.8 Å². The summed E-state index contributed by atoms with van der Waals surface area (Å²) >= 11 is 3.34. The number of benzene rings is 1. The zero-order valence-corrected chi connectivity index (χ0v) is 14.8. The van der Waals surface area contributed by atoms with Gasteiger partial charge in [-0.05, 0) is 71.2 Å². The molecule has 0 heterocycles. The molecule has 0 saturated heterocycles. The first-order valence-corrected chi connectivity index (χ1v) is 9.11. The van der Waals surface area contributed by atoms with E-state index in [4.69, 9.17) is 0 Å². The van der Waals surface area contributed by atoms with Gasteiger partial charge in [0.15, 0.2) is 0 Å². The summed E-state index contributed by atoms with van der Waals surface area (Å²) in [4.78, 5) is 0. The molecule has 1 nitrogen and oxygen atoms in total. The first-order chi connectivity index (χ1) is 10.2. The van der Waals surface area contributed by atoms with Crippen molar-refractivity contribution in [2.75, 3.05) is 13.1 Å². The van der Waals surface area contributed by atoms with Crippen LogP contribution in [0.15, 0.2) is 22.7 Å². The molecule has 0 amide bonds. The molecule has 1 aliphatic carbocycles. The predicted molar refractivity (Wildman–Crippen MR) is 91.1 cm³/mol. The van der Waals surface area contributed by atoms with E-state index in [0.717, 1.165) is 31.0 Å². The number of rotatable bonds is 6. The lowest BCUT2D eigenvalue weighted by Crippen LogP contribution is -2.32. The van der Waals surface area contributed by atoms with E-state index in [-0.39, 0.29) is 5.82 Å². The van der Waals surface area contributed by atoms with E-state index >= 15 is 0 Å². The van der Waals surface area contributed by atoms with Gasteiger partial charge in [-0.2, -0.15) is 0 Å². The van der Waals surface area contributed by atoms with Gasteiger partial charge in [0.2, 0.25) is 0 Å². The third-order valence-electron chi connectivity index (χ3n) is 4.84. The summed E-state index contributed by atoms with van der Waals surface area (Å²) in [5.41, 5.74) is 0.910. The van der Waals surface area contributed by atoms with Crippen LogP contribution in [0.1, 0.15) is 57.4 Å². The van der Waals surface area contributed by atoms with Gasteiger partial charge in [0.1, 0.15) is 5.82 Å². The van der Waals surface area contributed by atoms with Crippen LogP contribution in [0.4, 0.5) is 4.39 Å². The molecule has 3 atom stereocenters. The van der Waals surface area contributed by atoms with E-state index in [0.29, 0.717) is 16.3 Å². The first kappa shape index (κ1) is 17.0. The van der Waals surface area contributed by atoms with Crippen molar-refractivity contribution in [2.45, 2.75) is 51.9 Å². The lowest BCUT2D eigenvalue weighted by Gasteiger charge is -2.37. The maximum Gasteiger partial charge on any atom is 0.140 e. The second-order valence-corrected chi connectivity index (χ2v) is 7.14. The average molecular weight is 356 g/mol. The van der Waals surface area contributed by atoms with Crippen molar-refractivity contribution in [3.63, 3.8) is 0 Å². The van der Waals surface area contributed by atoms with Crippen LogP contribution in [-0.4, -0.2) is 13.1 Å². The fourth-order valence-corrected chi connectivity index (χ4v) is 4.13. The van der Waals surface area contributed by atoms with Crippen molar-refractivity contribution >= 4 is 15.9 Å². The molecule has 21 heavy (non-hydrogen) atoms. The van der Waals surface area contributed by atoms with Crippen LogP contribution in [0.3, 0.4) is 0 Å². The van der Waals surface area contributed by atoms with Crippen LogP contribution in [-0.2, 0) is 0 Å². The number of hydrogen-bond donors (Lipinski definition) is 1. The summed E-state index contributed by atoms with van der Waals surface area (Å²) < 4.78 is 15.1. The Morgan fingerprint density at radius 1 is 1.29 bits per heavy atom. The van der Waals surface area contributed by atoms with E-state index < -0.39 is 0 Å². The Morgan fingerprint density at radius 2 is 2.10 bits per heavy atom. The summed E-state index contributed by atoms with van der Waals surface area (Å²) in [6, 6.07) is 5.75. The SMILES string of the molecule is CCCC1CCC(CNCC)C(c2cccc(Br)c2F)C1. The van der Waals surface area contributed by atoms with Crippen LogP contribution < -0.4 is 5.32 Å². The molecule has 1 aliphatic rings. The van der Waals surface area contributed by atoms with Crippen molar-refractivity contribution in [1.29, 1.82) is 0 Å². The van der Waals surface area contributed by atoms with Gasteiger partial charge in [0, 0.05) is 0 Å². The van der Waals surface area contributed by atoms with Gasteiger partial charge in [-0.25, -0.2) is 4.39 Å². The van der Waals surface area contributed by atoms with Crippen LogP contribution in [0, 0.1) is 17.7 Å². The van der Waals surface area contributed by atoms with E-state index in [1.165, 1.54) is 25.7 Å². The molecular formula is C18H27BrFN. The Balaban J connectivity index is 2.21. The molecule has 0 spiro atoms. The van der Waals surface area contributed by atoms with Crippen molar-refractivity contribution < 1.29 is 4.39 Å². The Hall–Kier alpha value is -0.410. The van der Waals surface area contributed by atoms with E-state index in [1.54, 1.807) is 6.07 Å². The van der Waals surface area contributed by atoms with Crippen LogP contribution in [0.2, 0.25) is 0 Å². The van der Waals surface area contributed by atoms with Gasteiger partial charge in [-0.15, -0.1) is 0 Å². The third kappa shape index (κ3) is 4.29. The largest absolute Gasteiger partial charge is 0.317 e. The molecule has 0 radical (unpaired) electrons. The minimum absolute atomic E-state index is 0.0545. The summed E-state index contributed by atoms with van der Waals surface area (Å²) in [7, 11) is 0. The van der Waals surface area contributed by atoms with Crippen molar-refractivity contribution in [3.05, 3.63) is 34.1 Å². The maximum absolute atomic E-state index is 14.5. The van der Waals surface area contributed by atoms with Gasteiger partial charge in [0.05, 0.1) is 4.47 Å². The van der Waals surface area contributed by atoms with Gasteiger partial charge in [-0.1, -0.05) is 45.2 Å². The molecule has 118 valence electrons. The highest BCUT2D eigenvalue weighted by Crippen LogP contribution is 2.43. The van der Waals surface area contributed by atoms with Crippen LogP contribution >= 0.6 is 15.9 Å². The fraction of sp³-hybridized carbons (Fsp3) is 0.667. The first-order valence-electron chi connectivity index (χ1n) is 8.31. The Bertz CT molecular complexity index is 449. The van der Waals surface area contributed by atoms with Crippen LogP contribution in [0.25, 0.3) is 0 Å². The summed E-state index contributed by atoms with van der Waals surface area (Å²) in [6.07, 6.45) is 6.16. The molecule has 1 fully saturated rings. The fourth-order valence-electron chi connectivity index (χ4n) is 3.75. The summed E-state index contributed by atoms with van der Waals surface area (Å²) in [5.74, 6) is 1.62. The average Bonchev–Trinajstić information content (AvgIpc) is 2.49. The maximum atomic E-state index is 14.5. The zero-order valence-electron chi connectivity index (χ0n) is 13.2. The standard InChI is InChI=1S/C18H27BrFN/c1-3-6-13-9-10-14(12-21-4-2)16(11-13)15-7-5-8-17(19)18(15)20/h5,7-8,13-14,16,21H,3-4,6,9-12H2,1-2H3. The lowest BCUT2D eigenvalue weighted by atomic mass is 9.70. The highest BCUT2D eigenvalue weighted by molar-refractivity contribution is 9.10. The number of hydrogen-bond acceptors (Lipinski definition) is 1. The minimum atomic E-state index is -0.0545. The Morgan fingerprint density at radius 3 is 2.81 bits per heavy atom. The van der Waals surface area contributed by atoms with Gasteiger partial charge < -0.3 is 5.32 Å². The molecule has 3 heteroatoms. The molecule has 1 aromatic rings. The Kier molecular flexibility index (Phi) is 6.69. The smallest absolute Gasteiger partial charge is 0.140 e. The Labute approximate surface area is 136 Å². The highest BCUT2D eigenvalue weighted by Gasteiger charge is 2.32. The lowest BCUT2D eigenvalue weighted by molar-refractivity contribution is 0.218. The second kappa shape index (κ2) is 8.28. The van der Waals surface area contributed by atoms with E-state index in [1.807, 2.05) is 12.1 Å². The zero-order chi connectivity index (χ0) is 15.2. The molecule has 2 rings (SSSR count). The number of nitrogens with one attached hydrogen (secondary N) is 1. The van der Waals surface area contributed by atoms with Crippen LogP contribution in [0.5, 0.6) is 0 Å². The molecule has 1 aromatic carbocycles. The topological polar surface area (TPSA) is 12.0 Å². The molecule has 3 unspecified atom stereocenters. The normalized spacial score (nSPS) is 26.0. The van der Waals surface area contributed by atoms with E-state index in [9.17, 15) is 4.39 Å². The molecular weight excluding hydrogens is 329 g/mol. The molecule has 0 bridgehead atoms. The highest BCUT2D eigenvalue weighted by atomic mass is 79.9. The van der Waals surface area contributed by atoms with Crippen molar-refractivity contribution in [1.82, 2.24) is 5.32 Å². The molecule has 1 saturated carbocycles. The molecule has 1 N–H and O–H groups in total. The second-order valence-electron chi connectivity index (χ2n) is 6.29. The minimum Gasteiger partial charge on any atom is -0.317 e. The molecule has 0 aromatic heterocycles. The van der Waals surface area contributed by atoms with Gasteiger partial charge >= 0.3 is 0 Å². The summed E-state index contributed by atoms with van der Waals surface area (Å²) in [6.45, 7) is 6.38. The monoisotopic (exact) mass is 355 g/mol. The van der Waals surface area contributed by atoms with Crippen molar-refractivity contribution in [3.8, 4) is 0 Å². The van der Waals surface area contributed by atoms with Gasteiger partial charge in [-0.3, -0.25) is 0 Å². The number of halogens is 2. The van der Waals surface area contributed by atoms with E-state index in [2.05, 4.69) is 35.1 Å².